The van der Waals surface area contributed by atoms with Gasteiger partial charge in [-0.3, -0.25) is 19.7 Å². The average Bonchev–Trinajstić information content (AvgIpc) is 2.07. The second-order valence-electron chi connectivity index (χ2n) is 2.54. The number of hydrogen-bond donors (Lipinski definition) is 2. The minimum atomic E-state index is -1.21. The molecule has 0 aliphatic carbocycles. The summed E-state index contributed by atoms with van der Waals surface area (Å²) in [4.78, 5) is 32.9. The molecule has 0 fully saturated rings. The van der Waals surface area contributed by atoms with Crippen molar-refractivity contribution in [2.24, 2.45) is 0 Å². The van der Waals surface area contributed by atoms with E-state index in [4.69, 9.17) is 5.11 Å². The van der Waals surface area contributed by atoms with Gasteiger partial charge in [-0.1, -0.05) is 0 Å². The lowest BCUT2D eigenvalue weighted by atomic mass is 10.2. The van der Waals surface area contributed by atoms with E-state index in [1.807, 2.05) is 0 Å². The van der Waals surface area contributed by atoms with Crippen molar-refractivity contribution in [1.82, 2.24) is 4.98 Å². The van der Waals surface area contributed by atoms with Gasteiger partial charge in [0.25, 0.3) is 11.2 Å². The molecule has 0 aliphatic heterocycles. The molecule has 0 spiro atoms. The van der Waals surface area contributed by atoms with Crippen LogP contribution in [-0.2, 0) is 11.2 Å². The molecule has 7 nitrogen and oxygen atoms in total. The summed E-state index contributed by atoms with van der Waals surface area (Å²) in [6.45, 7) is 0. The summed E-state index contributed by atoms with van der Waals surface area (Å²) in [7, 11) is 0. The Hall–Kier alpha value is -2.18. The largest absolute Gasteiger partial charge is 0.481 e. The van der Waals surface area contributed by atoms with E-state index in [0.717, 1.165) is 12.3 Å². The molecule has 0 unspecified atom stereocenters. The molecule has 0 aromatic carbocycles. The van der Waals surface area contributed by atoms with Crippen LogP contribution in [0.25, 0.3) is 0 Å². The Labute approximate surface area is 77.2 Å². The van der Waals surface area contributed by atoms with Gasteiger partial charge in [-0.15, -0.1) is 0 Å². The Bertz CT molecular complexity index is 436. The number of carboxylic acid groups (broad SMARTS) is 1. The quantitative estimate of drug-likeness (QED) is 0.520. The third-order valence-corrected chi connectivity index (χ3v) is 1.52. The van der Waals surface area contributed by atoms with Crippen molar-refractivity contribution >= 4 is 11.7 Å². The molecule has 0 amide bonds. The van der Waals surface area contributed by atoms with Gasteiger partial charge in [-0.25, -0.2) is 0 Å². The van der Waals surface area contributed by atoms with E-state index in [1.165, 1.54) is 0 Å². The predicted octanol–water partition coefficient (Wildman–Crippen LogP) is -0.0898. The van der Waals surface area contributed by atoms with E-state index in [9.17, 15) is 19.7 Å². The second-order valence-corrected chi connectivity index (χ2v) is 2.54. The van der Waals surface area contributed by atoms with Gasteiger partial charge in [0.05, 0.1) is 17.5 Å². The van der Waals surface area contributed by atoms with Crippen molar-refractivity contribution in [2.75, 3.05) is 0 Å². The topological polar surface area (TPSA) is 113 Å². The van der Waals surface area contributed by atoms with Crippen LogP contribution in [0.4, 0.5) is 5.69 Å². The van der Waals surface area contributed by atoms with Gasteiger partial charge in [0, 0.05) is 11.6 Å². The normalized spacial score (nSPS) is 9.71. The van der Waals surface area contributed by atoms with Crippen molar-refractivity contribution < 1.29 is 14.8 Å². The van der Waals surface area contributed by atoms with Crippen LogP contribution in [0.15, 0.2) is 17.1 Å². The van der Waals surface area contributed by atoms with Gasteiger partial charge in [-0.05, 0) is 0 Å². The van der Waals surface area contributed by atoms with Crippen LogP contribution < -0.4 is 5.56 Å². The summed E-state index contributed by atoms with van der Waals surface area (Å²) < 4.78 is 0. The molecule has 0 radical (unpaired) electrons. The minimum absolute atomic E-state index is 0.133. The molecule has 1 heterocycles. The first kappa shape index (κ1) is 9.90. The molecule has 1 rings (SSSR count). The highest BCUT2D eigenvalue weighted by Crippen LogP contribution is 2.08. The van der Waals surface area contributed by atoms with E-state index < -0.39 is 22.9 Å². The molecule has 1 aromatic rings. The van der Waals surface area contributed by atoms with Crippen LogP contribution in [0.2, 0.25) is 0 Å². The van der Waals surface area contributed by atoms with Crippen LogP contribution in [0, 0.1) is 10.1 Å². The van der Waals surface area contributed by atoms with Crippen molar-refractivity contribution in [2.45, 2.75) is 6.42 Å². The Balaban J connectivity index is 3.15. The van der Waals surface area contributed by atoms with Crippen molar-refractivity contribution in [3.63, 3.8) is 0 Å². The van der Waals surface area contributed by atoms with Crippen molar-refractivity contribution in [1.29, 1.82) is 0 Å². The molecule has 2 N–H and O–H groups in total. The van der Waals surface area contributed by atoms with Gasteiger partial charge in [0.1, 0.15) is 0 Å². The summed E-state index contributed by atoms with van der Waals surface area (Å²) in [6.07, 6.45) is 0.394. The van der Waals surface area contributed by atoms with E-state index in [-0.39, 0.29) is 11.3 Å². The molecular formula is C7H6N2O5. The zero-order valence-corrected chi connectivity index (χ0v) is 6.89. The highest BCUT2D eigenvalue weighted by Gasteiger charge is 2.11. The monoisotopic (exact) mass is 198 g/mol. The highest BCUT2D eigenvalue weighted by molar-refractivity contribution is 5.70. The first-order valence-corrected chi connectivity index (χ1v) is 3.58. The van der Waals surface area contributed by atoms with Crippen molar-refractivity contribution in [3.05, 3.63) is 38.3 Å². The number of rotatable bonds is 3. The third-order valence-electron chi connectivity index (χ3n) is 1.52. The fraction of sp³-hybridized carbons (Fsp3) is 0.143. The number of H-pyrrole nitrogens is 1. The van der Waals surface area contributed by atoms with E-state index in [2.05, 4.69) is 4.98 Å². The summed E-state index contributed by atoms with van der Waals surface area (Å²) in [5.41, 5.74) is -1.09. The molecule has 74 valence electrons. The molecular weight excluding hydrogens is 192 g/mol. The summed E-state index contributed by atoms with van der Waals surface area (Å²) in [6, 6.07) is 0.951. The minimum Gasteiger partial charge on any atom is -0.481 e. The van der Waals surface area contributed by atoms with Crippen LogP contribution in [0.1, 0.15) is 5.56 Å². The van der Waals surface area contributed by atoms with Gasteiger partial charge < -0.3 is 10.1 Å². The Morgan fingerprint density at radius 2 is 2.29 bits per heavy atom. The standard InChI is InChI=1S/C7H6N2O5/c10-6(11)2-4-1-5(9(13)14)3-8-7(4)12/h1,3H,2H2,(H,8,12)(H,10,11). The SMILES string of the molecule is O=C(O)Cc1cc([N+](=O)[O-])c[nH]c1=O. The maximum atomic E-state index is 11.0. The van der Waals surface area contributed by atoms with Crippen LogP contribution in [0.5, 0.6) is 0 Å². The Morgan fingerprint density at radius 3 is 2.79 bits per heavy atom. The number of hydrogen-bond acceptors (Lipinski definition) is 4. The number of pyridine rings is 1. The number of carbonyl (C=O) groups is 1. The number of carboxylic acids is 1. The highest BCUT2D eigenvalue weighted by atomic mass is 16.6. The number of nitro groups is 1. The maximum Gasteiger partial charge on any atom is 0.308 e. The van der Waals surface area contributed by atoms with Crippen LogP contribution in [-0.4, -0.2) is 21.0 Å². The summed E-state index contributed by atoms with van der Waals surface area (Å²) in [5.74, 6) is -1.21. The third kappa shape index (κ3) is 2.16. The van der Waals surface area contributed by atoms with Crippen LogP contribution in [0.3, 0.4) is 0 Å². The van der Waals surface area contributed by atoms with E-state index in [0.29, 0.717) is 0 Å². The first-order valence-electron chi connectivity index (χ1n) is 3.58. The van der Waals surface area contributed by atoms with E-state index in [1.54, 1.807) is 0 Å². The predicted molar refractivity (Wildman–Crippen MR) is 45.1 cm³/mol. The Morgan fingerprint density at radius 1 is 1.64 bits per heavy atom. The molecule has 0 saturated carbocycles. The lowest BCUT2D eigenvalue weighted by Gasteiger charge is -1.95. The lowest BCUT2D eigenvalue weighted by molar-refractivity contribution is -0.385. The van der Waals surface area contributed by atoms with Crippen LogP contribution >= 0.6 is 0 Å². The van der Waals surface area contributed by atoms with Gasteiger partial charge in [-0.2, -0.15) is 0 Å². The zero-order chi connectivity index (χ0) is 10.7. The molecule has 0 atom stereocenters. The Kier molecular flexibility index (Phi) is 2.61. The van der Waals surface area contributed by atoms with E-state index >= 15 is 0 Å². The molecule has 14 heavy (non-hydrogen) atoms. The lowest BCUT2D eigenvalue weighted by Crippen LogP contribution is -2.16. The summed E-state index contributed by atoms with van der Waals surface area (Å²) >= 11 is 0. The van der Waals surface area contributed by atoms with Gasteiger partial charge >= 0.3 is 5.97 Å². The smallest absolute Gasteiger partial charge is 0.308 e. The van der Waals surface area contributed by atoms with Gasteiger partial charge in [0.15, 0.2) is 0 Å². The number of aromatic nitrogens is 1. The number of nitrogens with one attached hydrogen (secondary N) is 1. The maximum absolute atomic E-state index is 11.0. The molecule has 7 heteroatoms. The van der Waals surface area contributed by atoms with Crippen molar-refractivity contribution in [3.8, 4) is 0 Å². The average molecular weight is 198 g/mol. The second kappa shape index (κ2) is 3.69. The van der Waals surface area contributed by atoms with Gasteiger partial charge in [0.2, 0.25) is 0 Å². The first-order chi connectivity index (χ1) is 6.50. The fourth-order valence-corrected chi connectivity index (χ4v) is 0.918. The summed E-state index contributed by atoms with van der Waals surface area (Å²) in [5, 5.41) is 18.7. The number of aliphatic carboxylic acids is 1. The molecule has 0 bridgehead atoms. The number of aromatic amines is 1. The molecule has 1 aromatic heterocycles. The zero-order valence-electron chi connectivity index (χ0n) is 6.89. The molecule has 0 saturated heterocycles. The fourth-order valence-electron chi connectivity index (χ4n) is 0.918. The molecule has 0 aliphatic rings. The number of nitrogens with zero attached hydrogens (tertiary/aromatic N) is 1.